The molecule has 1 fully saturated rings. The van der Waals surface area contributed by atoms with E-state index in [1.165, 1.54) is 19.2 Å². The van der Waals surface area contributed by atoms with Gasteiger partial charge in [0, 0.05) is 18.8 Å². The molecule has 156 valence electrons. The monoisotopic (exact) mass is 417 g/mol. The molecule has 3 rings (SSSR count). The number of nitrogens with zero attached hydrogens (tertiary/aromatic N) is 1. The van der Waals surface area contributed by atoms with Gasteiger partial charge in [-0.2, -0.15) is 0 Å². The van der Waals surface area contributed by atoms with Crippen LogP contribution in [0.15, 0.2) is 53.7 Å². The highest BCUT2D eigenvalue weighted by Gasteiger charge is 2.52. The van der Waals surface area contributed by atoms with Crippen molar-refractivity contribution in [3.05, 3.63) is 54.4 Å². The average molecular weight is 418 g/mol. The van der Waals surface area contributed by atoms with Gasteiger partial charge in [0.15, 0.2) is 14.6 Å². The van der Waals surface area contributed by atoms with Gasteiger partial charge >= 0.3 is 5.97 Å². The summed E-state index contributed by atoms with van der Waals surface area (Å²) in [6, 6.07) is 9.37. The molecule has 0 spiro atoms. The van der Waals surface area contributed by atoms with Crippen LogP contribution in [0.3, 0.4) is 0 Å². The number of benzene rings is 1. The number of carboxylic acid groups (broad SMARTS) is 1. The van der Waals surface area contributed by atoms with Gasteiger partial charge in [-0.05, 0) is 48.2 Å². The van der Waals surface area contributed by atoms with Crippen molar-refractivity contribution in [2.24, 2.45) is 5.92 Å². The van der Waals surface area contributed by atoms with E-state index in [1.807, 2.05) is 0 Å². The lowest BCUT2D eigenvalue weighted by atomic mass is 9.80. The van der Waals surface area contributed by atoms with Crippen LogP contribution < -0.4 is 4.74 Å². The molecule has 0 saturated heterocycles. The highest BCUT2D eigenvalue weighted by molar-refractivity contribution is 7.93. The van der Waals surface area contributed by atoms with Crippen molar-refractivity contribution in [3.63, 3.8) is 0 Å². The van der Waals surface area contributed by atoms with E-state index in [9.17, 15) is 18.3 Å². The molecule has 1 unspecified atom stereocenters. The Bertz CT molecular complexity index is 921. The zero-order valence-corrected chi connectivity index (χ0v) is 17.4. The van der Waals surface area contributed by atoms with Gasteiger partial charge in [-0.3, -0.25) is 9.78 Å². The highest BCUT2D eigenvalue weighted by Crippen LogP contribution is 2.40. The largest absolute Gasteiger partial charge is 0.497 e. The first-order chi connectivity index (χ1) is 13.9. The van der Waals surface area contributed by atoms with Crippen LogP contribution in [-0.4, -0.2) is 36.3 Å². The zero-order chi connectivity index (χ0) is 20.9. The van der Waals surface area contributed by atoms with Crippen molar-refractivity contribution in [3.8, 4) is 5.75 Å². The summed E-state index contributed by atoms with van der Waals surface area (Å²) in [6.45, 7) is 0. The normalized spacial score (nSPS) is 17.4. The first kappa shape index (κ1) is 21.3. The van der Waals surface area contributed by atoms with Crippen LogP contribution in [0.5, 0.6) is 5.75 Å². The van der Waals surface area contributed by atoms with E-state index in [4.69, 9.17) is 4.74 Å². The summed E-state index contributed by atoms with van der Waals surface area (Å²) >= 11 is 0. The van der Waals surface area contributed by atoms with Gasteiger partial charge in [0.2, 0.25) is 0 Å². The molecular weight excluding hydrogens is 390 g/mol. The lowest BCUT2D eigenvalue weighted by molar-refractivity contribution is -0.140. The number of hydrogen-bond donors (Lipinski definition) is 1. The molecule has 1 aromatic heterocycles. The number of rotatable bonds is 8. The Balaban J connectivity index is 2.08. The third kappa shape index (κ3) is 4.45. The first-order valence-electron chi connectivity index (χ1n) is 9.90. The number of pyridine rings is 1. The van der Waals surface area contributed by atoms with Crippen LogP contribution in [-0.2, 0) is 21.1 Å². The molecule has 0 aliphatic heterocycles. The Hall–Kier alpha value is -2.41. The molecule has 0 bridgehead atoms. The molecule has 0 amide bonds. The second-order valence-electron chi connectivity index (χ2n) is 7.72. The van der Waals surface area contributed by atoms with Crippen LogP contribution in [0, 0.1) is 5.92 Å². The molecule has 1 aliphatic carbocycles. The minimum atomic E-state index is -4.17. The fourth-order valence-corrected chi connectivity index (χ4v) is 6.21. The summed E-state index contributed by atoms with van der Waals surface area (Å²) in [4.78, 5) is 16.7. The summed E-state index contributed by atoms with van der Waals surface area (Å²) in [5.74, 6) is -0.711. The van der Waals surface area contributed by atoms with Crippen molar-refractivity contribution >= 4 is 15.8 Å². The topological polar surface area (TPSA) is 93.6 Å². The van der Waals surface area contributed by atoms with Crippen molar-refractivity contribution in [1.82, 2.24) is 4.98 Å². The second-order valence-corrected chi connectivity index (χ2v) is 9.98. The molecule has 1 heterocycles. The van der Waals surface area contributed by atoms with Crippen molar-refractivity contribution in [2.75, 3.05) is 7.11 Å². The lowest BCUT2D eigenvalue weighted by Gasteiger charge is -2.34. The van der Waals surface area contributed by atoms with E-state index in [1.54, 1.807) is 36.7 Å². The smallest absolute Gasteiger partial charge is 0.325 e. The van der Waals surface area contributed by atoms with Crippen LogP contribution in [0.4, 0.5) is 0 Å². The minimum absolute atomic E-state index is 0.000370. The summed E-state index contributed by atoms with van der Waals surface area (Å²) < 4.78 is 30.6. The molecule has 1 aromatic carbocycles. The zero-order valence-electron chi connectivity index (χ0n) is 16.6. The van der Waals surface area contributed by atoms with Gasteiger partial charge in [-0.1, -0.05) is 38.2 Å². The maximum Gasteiger partial charge on any atom is 0.325 e. The summed E-state index contributed by atoms with van der Waals surface area (Å²) in [5.41, 5.74) is 0.600. The SMILES string of the molecule is COc1ccc(S(=O)(=O)C(Cc2cccnc2)(CC2CCCCC2)C(=O)O)cc1. The number of carboxylic acids is 1. The number of sulfone groups is 1. The quantitative estimate of drug-likeness (QED) is 0.700. The fraction of sp³-hybridized carbons (Fsp3) is 0.455. The van der Waals surface area contributed by atoms with Crippen molar-refractivity contribution < 1.29 is 23.1 Å². The van der Waals surface area contributed by atoms with Crippen LogP contribution in [0.25, 0.3) is 0 Å². The molecule has 29 heavy (non-hydrogen) atoms. The molecule has 0 radical (unpaired) electrons. The van der Waals surface area contributed by atoms with E-state index in [0.29, 0.717) is 11.3 Å². The lowest BCUT2D eigenvalue weighted by Crippen LogP contribution is -2.50. The Morgan fingerprint density at radius 1 is 1.17 bits per heavy atom. The minimum Gasteiger partial charge on any atom is -0.497 e. The van der Waals surface area contributed by atoms with E-state index in [2.05, 4.69) is 4.98 Å². The predicted molar refractivity (Wildman–Crippen MR) is 110 cm³/mol. The Kier molecular flexibility index (Phi) is 6.57. The number of ether oxygens (including phenoxy) is 1. The highest BCUT2D eigenvalue weighted by atomic mass is 32.2. The first-order valence-corrected chi connectivity index (χ1v) is 11.4. The second kappa shape index (κ2) is 8.95. The Morgan fingerprint density at radius 2 is 1.86 bits per heavy atom. The molecule has 2 aromatic rings. The van der Waals surface area contributed by atoms with E-state index in [0.717, 1.165) is 32.1 Å². The maximum atomic E-state index is 13.7. The Labute approximate surface area is 171 Å². The average Bonchev–Trinajstić information content (AvgIpc) is 2.74. The van der Waals surface area contributed by atoms with Gasteiger partial charge in [-0.15, -0.1) is 0 Å². The number of aromatic nitrogens is 1. The van der Waals surface area contributed by atoms with Gasteiger partial charge in [0.1, 0.15) is 5.75 Å². The Morgan fingerprint density at radius 3 is 2.41 bits per heavy atom. The number of hydrogen-bond acceptors (Lipinski definition) is 5. The van der Waals surface area contributed by atoms with E-state index < -0.39 is 20.6 Å². The molecule has 1 N–H and O–H groups in total. The van der Waals surface area contributed by atoms with E-state index >= 15 is 0 Å². The van der Waals surface area contributed by atoms with Gasteiger partial charge in [-0.25, -0.2) is 8.42 Å². The molecule has 1 saturated carbocycles. The standard InChI is InChI=1S/C22H27NO5S/c1-28-19-9-11-20(12-10-19)29(26,27)22(21(24)25,14-17-6-3-2-4-7-17)15-18-8-5-13-23-16-18/h5,8-13,16-17H,2-4,6-7,14-15H2,1H3,(H,24,25). The van der Waals surface area contributed by atoms with Crippen LogP contribution in [0.2, 0.25) is 0 Å². The van der Waals surface area contributed by atoms with Crippen LogP contribution in [0.1, 0.15) is 44.1 Å². The molecule has 6 nitrogen and oxygen atoms in total. The third-order valence-corrected chi connectivity index (χ3v) is 8.24. The van der Waals surface area contributed by atoms with E-state index in [-0.39, 0.29) is 23.7 Å². The molecular formula is C22H27NO5S. The number of aliphatic carboxylic acids is 1. The van der Waals surface area contributed by atoms with Gasteiger partial charge < -0.3 is 9.84 Å². The summed E-state index contributed by atoms with van der Waals surface area (Å²) in [7, 11) is -2.67. The molecule has 1 aliphatic rings. The van der Waals surface area contributed by atoms with Gasteiger partial charge in [0.05, 0.1) is 12.0 Å². The predicted octanol–water partition coefficient (Wildman–Crippen LogP) is 3.90. The van der Waals surface area contributed by atoms with Crippen LogP contribution >= 0.6 is 0 Å². The fourth-order valence-electron chi connectivity index (χ4n) is 4.23. The summed E-state index contributed by atoms with van der Waals surface area (Å²) in [6.07, 6.45) is 7.98. The number of methoxy groups -OCH3 is 1. The third-order valence-electron chi connectivity index (χ3n) is 5.83. The molecule has 7 heteroatoms. The van der Waals surface area contributed by atoms with Crippen molar-refractivity contribution in [2.45, 2.75) is 54.6 Å². The maximum absolute atomic E-state index is 13.7. The van der Waals surface area contributed by atoms with Gasteiger partial charge in [0.25, 0.3) is 0 Å². The number of carbonyl (C=O) groups is 1. The molecule has 1 atom stereocenters. The summed E-state index contributed by atoms with van der Waals surface area (Å²) in [5, 5.41) is 10.3. The van der Waals surface area contributed by atoms with Crippen molar-refractivity contribution in [1.29, 1.82) is 0 Å².